The smallest absolute Gasteiger partial charge is 0.343 e. The van der Waals surface area contributed by atoms with Crippen LogP contribution in [0.3, 0.4) is 0 Å². The normalized spacial score (nSPS) is 11.3. The molecule has 26 heavy (non-hydrogen) atoms. The van der Waals surface area contributed by atoms with E-state index in [2.05, 4.69) is 18.2 Å². The number of allylic oxidation sites excluding steroid dienone is 7. The van der Waals surface area contributed by atoms with Gasteiger partial charge in [-0.05, 0) is 62.8 Å². The Kier molecular flexibility index (Phi) is 7.83. The Morgan fingerprint density at radius 2 is 1.73 bits per heavy atom. The Morgan fingerprint density at radius 1 is 1.12 bits per heavy atom. The van der Waals surface area contributed by atoms with Crippen molar-refractivity contribution in [1.82, 2.24) is 0 Å². The summed E-state index contributed by atoms with van der Waals surface area (Å²) in [7, 11) is 0. The molecule has 0 aliphatic carbocycles. The molecule has 0 amide bonds. The highest BCUT2D eigenvalue weighted by Gasteiger charge is 2.09. The van der Waals surface area contributed by atoms with Gasteiger partial charge in [0.1, 0.15) is 5.76 Å². The molecule has 0 aromatic heterocycles. The van der Waals surface area contributed by atoms with E-state index in [1.807, 2.05) is 32.9 Å². The maximum atomic E-state index is 12.3. The lowest BCUT2D eigenvalue weighted by atomic mass is 10.1. The Bertz CT molecular complexity index is 802. The molecule has 5 nitrogen and oxygen atoms in total. The van der Waals surface area contributed by atoms with Crippen molar-refractivity contribution in [3.8, 4) is 0 Å². The Hall–Kier alpha value is -3.34. The predicted octanol–water partition coefficient (Wildman–Crippen LogP) is 4.29. The predicted molar refractivity (Wildman–Crippen MR) is 108 cm³/mol. The van der Waals surface area contributed by atoms with E-state index in [0.29, 0.717) is 17.0 Å². The molecule has 5 heteroatoms. The van der Waals surface area contributed by atoms with Crippen LogP contribution in [0.25, 0.3) is 0 Å². The van der Waals surface area contributed by atoms with E-state index >= 15 is 0 Å². The number of guanidine groups is 1. The van der Waals surface area contributed by atoms with Crippen molar-refractivity contribution in [1.29, 1.82) is 0 Å². The molecule has 0 atom stereocenters. The summed E-state index contributed by atoms with van der Waals surface area (Å²) < 4.78 is 5.41. The molecule has 0 aliphatic heterocycles. The average molecular weight is 351 g/mol. The molecule has 0 fully saturated rings. The zero-order valence-electron chi connectivity index (χ0n) is 15.5. The van der Waals surface area contributed by atoms with Crippen LogP contribution in [0, 0.1) is 0 Å². The van der Waals surface area contributed by atoms with Gasteiger partial charge >= 0.3 is 5.97 Å². The lowest BCUT2D eigenvalue weighted by Gasteiger charge is -2.07. The molecule has 0 bridgehead atoms. The lowest BCUT2D eigenvalue weighted by Crippen LogP contribution is -2.21. The zero-order valence-corrected chi connectivity index (χ0v) is 15.5. The molecule has 1 rings (SSSR count). The van der Waals surface area contributed by atoms with E-state index in [1.54, 1.807) is 30.3 Å². The Labute approximate surface area is 154 Å². The highest BCUT2D eigenvalue weighted by molar-refractivity contribution is 5.91. The monoisotopic (exact) mass is 351 g/mol. The first-order valence-corrected chi connectivity index (χ1v) is 8.00. The largest absolute Gasteiger partial charge is 0.423 e. The number of nitrogens with two attached hydrogens (primary N) is 2. The zero-order chi connectivity index (χ0) is 19.7. The third-order valence-electron chi connectivity index (χ3n) is 3.16. The minimum atomic E-state index is -0.504. The summed E-state index contributed by atoms with van der Waals surface area (Å²) >= 11 is 0. The van der Waals surface area contributed by atoms with Gasteiger partial charge in [-0.3, -0.25) is 0 Å². The second kappa shape index (κ2) is 9.84. The van der Waals surface area contributed by atoms with Crippen LogP contribution in [-0.2, 0) is 4.74 Å². The molecule has 0 spiro atoms. The van der Waals surface area contributed by atoms with Crippen molar-refractivity contribution >= 4 is 17.6 Å². The summed E-state index contributed by atoms with van der Waals surface area (Å²) in [6.07, 6.45) is 7.08. The fourth-order valence-corrected chi connectivity index (χ4v) is 1.84. The lowest BCUT2D eigenvalue weighted by molar-refractivity contribution is 0.0637. The van der Waals surface area contributed by atoms with E-state index in [1.165, 1.54) is 6.08 Å². The molecule has 4 N–H and O–H groups in total. The van der Waals surface area contributed by atoms with Gasteiger partial charge in [0.15, 0.2) is 5.96 Å². The third-order valence-corrected chi connectivity index (χ3v) is 3.16. The Balaban J connectivity index is 3.02. The number of rotatable bonds is 7. The van der Waals surface area contributed by atoms with Gasteiger partial charge in [0, 0.05) is 0 Å². The molecule has 0 saturated heterocycles. The number of hydrogen-bond donors (Lipinski definition) is 2. The van der Waals surface area contributed by atoms with Crippen molar-refractivity contribution < 1.29 is 9.53 Å². The average Bonchev–Trinajstić information content (AvgIpc) is 2.56. The van der Waals surface area contributed by atoms with Crippen LogP contribution in [-0.4, -0.2) is 11.9 Å². The highest BCUT2D eigenvalue weighted by Crippen LogP contribution is 2.17. The van der Waals surface area contributed by atoms with Gasteiger partial charge < -0.3 is 16.2 Å². The SMILES string of the molecule is C=C/C(=C\C(=C\C=C(C)C)C(=C)C)OC(=O)c1ccc(N=C(N)N)cc1. The van der Waals surface area contributed by atoms with Gasteiger partial charge in [0.25, 0.3) is 0 Å². The molecule has 1 aromatic rings. The standard InChI is InChI=1S/C21H25N3O2/c1-6-19(13-17(15(4)5)8-7-14(2)3)26-20(25)16-9-11-18(12-10-16)24-21(22)23/h6-13H,1,4H2,2-3,5H3,(H4,22,23,24)/b17-8-,19-13+. The summed E-state index contributed by atoms with van der Waals surface area (Å²) in [5, 5.41) is 0. The summed E-state index contributed by atoms with van der Waals surface area (Å²) in [6.45, 7) is 13.5. The highest BCUT2D eigenvalue weighted by atomic mass is 16.5. The van der Waals surface area contributed by atoms with Gasteiger partial charge in [-0.15, -0.1) is 0 Å². The quantitative estimate of drug-likeness (QED) is 0.252. The van der Waals surface area contributed by atoms with Gasteiger partial charge in [-0.1, -0.05) is 36.5 Å². The minimum absolute atomic E-state index is 0.0484. The van der Waals surface area contributed by atoms with Crippen molar-refractivity contribution in [2.45, 2.75) is 20.8 Å². The van der Waals surface area contributed by atoms with E-state index in [4.69, 9.17) is 16.2 Å². The number of carbonyl (C=O) groups is 1. The second-order valence-corrected chi connectivity index (χ2v) is 5.87. The van der Waals surface area contributed by atoms with Crippen LogP contribution in [0.5, 0.6) is 0 Å². The minimum Gasteiger partial charge on any atom is -0.423 e. The van der Waals surface area contributed by atoms with Crippen LogP contribution < -0.4 is 11.5 Å². The maximum Gasteiger partial charge on any atom is 0.343 e. The number of benzene rings is 1. The molecule has 0 heterocycles. The number of hydrogen-bond acceptors (Lipinski definition) is 3. The molecular weight excluding hydrogens is 326 g/mol. The molecule has 0 unspecified atom stereocenters. The number of esters is 1. The third kappa shape index (κ3) is 7.05. The van der Waals surface area contributed by atoms with E-state index in [-0.39, 0.29) is 5.96 Å². The summed E-state index contributed by atoms with van der Waals surface area (Å²) in [6, 6.07) is 6.43. The summed E-state index contributed by atoms with van der Waals surface area (Å²) in [5.74, 6) is -0.219. The number of ether oxygens (including phenoxy) is 1. The van der Waals surface area contributed by atoms with Crippen LogP contribution >= 0.6 is 0 Å². The molecular formula is C21H25N3O2. The van der Waals surface area contributed by atoms with Gasteiger partial charge in [-0.2, -0.15) is 0 Å². The van der Waals surface area contributed by atoms with Gasteiger partial charge in [0.05, 0.1) is 11.3 Å². The molecule has 1 aromatic carbocycles. The van der Waals surface area contributed by atoms with Crippen molar-refractivity contribution in [2.24, 2.45) is 16.5 Å². The summed E-state index contributed by atoms with van der Waals surface area (Å²) in [5.41, 5.74) is 14.4. The summed E-state index contributed by atoms with van der Waals surface area (Å²) in [4.78, 5) is 16.2. The fraction of sp³-hybridized carbons (Fsp3) is 0.143. The first kappa shape index (κ1) is 20.7. The van der Waals surface area contributed by atoms with E-state index in [0.717, 1.165) is 16.7 Å². The number of aliphatic imine (C=N–C) groups is 1. The topological polar surface area (TPSA) is 90.7 Å². The fourth-order valence-electron chi connectivity index (χ4n) is 1.84. The van der Waals surface area contributed by atoms with E-state index < -0.39 is 5.97 Å². The van der Waals surface area contributed by atoms with Gasteiger partial charge in [0.2, 0.25) is 0 Å². The van der Waals surface area contributed by atoms with Gasteiger partial charge in [-0.25, -0.2) is 9.79 Å². The molecule has 0 aliphatic rings. The first-order chi connectivity index (χ1) is 12.2. The molecule has 0 radical (unpaired) electrons. The number of carbonyl (C=O) groups excluding carboxylic acids is 1. The maximum absolute atomic E-state index is 12.3. The first-order valence-electron chi connectivity index (χ1n) is 8.00. The van der Waals surface area contributed by atoms with Crippen molar-refractivity contribution in [3.05, 3.63) is 89.8 Å². The van der Waals surface area contributed by atoms with Crippen LogP contribution in [0.15, 0.2) is 89.2 Å². The van der Waals surface area contributed by atoms with Crippen molar-refractivity contribution in [2.75, 3.05) is 0 Å². The van der Waals surface area contributed by atoms with Crippen molar-refractivity contribution in [3.63, 3.8) is 0 Å². The molecule has 136 valence electrons. The molecule has 0 saturated carbocycles. The number of nitrogens with zero attached hydrogens (tertiary/aromatic N) is 1. The van der Waals surface area contributed by atoms with Crippen LogP contribution in [0.4, 0.5) is 5.69 Å². The van der Waals surface area contributed by atoms with Crippen LogP contribution in [0.1, 0.15) is 31.1 Å². The van der Waals surface area contributed by atoms with E-state index in [9.17, 15) is 4.79 Å². The van der Waals surface area contributed by atoms with Crippen LogP contribution in [0.2, 0.25) is 0 Å². The Morgan fingerprint density at radius 3 is 2.19 bits per heavy atom. The second-order valence-electron chi connectivity index (χ2n) is 5.87.